The highest BCUT2D eigenvalue weighted by Crippen LogP contribution is 2.41. The van der Waals surface area contributed by atoms with E-state index in [1.807, 2.05) is 13.8 Å². The van der Waals surface area contributed by atoms with Crippen molar-refractivity contribution in [3.63, 3.8) is 0 Å². The third kappa shape index (κ3) is 5.67. The van der Waals surface area contributed by atoms with Crippen LogP contribution in [0.4, 0.5) is 13.2 Å². The van der Waals surface area contributed by atoms with Gasteiger partial charge in [0.05, 0.1) is 26.9 Å². The topological polar surface area (TPSA) is 95.7 Å². The molecule has 8 nitrogen and oxygen atoms in total. The van der Waals surface area contributed by atoms with E-state index in [-0.39, 0.29) is 23.2 Å². The van der Waals surface area contributed by atoms with Gasteiger partial charge in [0.15, 0.2) is 11.5 Å². The number of rotatable bonds is 9. The smallest absolute Gasteiger partial charge is 0.416 e. The molecule has 0 fully saturated rings. The summed E-state index contributed by atoms with van der Waals surface area (Å²) >= 11 is 0. The monoisotopic (exact) mass is 493 g/mol. The van der Waals surface area contributed by atoms with Gasteiger partial charge in [-0.3, -0.25) is 4.79 Å². The molecule has 1 amide bonds. The molecule has 188 valence electrons. The molecular weight excluding hydrogens is 467 g/mol. The molecule has 1 heterocycles. The number of alkyl halides is 3. The minimum atomic E-state index is -4.48. The van der Waals surface area contributed by atoms with Gasteiger partial charge in [-0.05, 0) is 42.3 Å². The van der Waals surface area contributed by atoms with Crippen molar-refractivity contribution in [1.29, 1.82) is 0 Å². The SMILES string of the molecule is CC[C@@H](C)[C@H](NC(=O)c1ccc(C(F)(F)F)cc1)c1nc(-c2cc(OC)c(OC)c(OC)c2)no1. The van der Waals surface area contributed by atoms with Crippen molar-refractivity contribution in [2.45, 2.75) is 32.5 Å². The second-order valence-electron chi connectivity index (χ2n) is 7.78. The van der Waals surface area contributed by atoms with E-state index in [1.54, 1.807) is 12.1 Å². The van der Waals surface area contributed by atoms with Gasteiger partial charge in [0, 0.05) is 11.1 Å². The van der Waals surface area contributed by atoms with Gasteiger partial charge in [-0.25, -0.2) is 0 Å². The number of hydrogen-bond acceptors (Lipinski definition) is 7. The first kappa shape index (κ1) is 25.9. The van der Waals surface area contributed by atoms with E-state index < -0.39 is 23.7 Å². The summed E-state index contributed by atoms with van der Waals surface area (Å²) in [6.07, 6.45) is -3.82. The van der Waals surface area contributed by atoms with Crippen molar-refractivity contribution in [3.8, 4) is 28.6 Å². The molecule has 1 N–H and O–H groups in total. The van der Waals surface area contributed by atoms with Crippen LogP contribution in [0.15, 0.2) is 40.9 Å². The fraction of sp³-hybridized carbons (Fsp3) is 0.375. The lowest BCUT2D eigenvalue weighted by Crippen LogP contribution is -2.32. The van der Waals surface area contributed by atoms with E-state index >= 15 is 0 Å². The molecule has 2 aromatic carbocycles. The molecule has 0 aliphatic carbocycles. The van der Waals surface area contributed by atoms with Gasteiger partial charge < -0.3 is 24.1 Å². The fourth-order valence-electron chi connectivity index (χ4n) is 3.41. The van der Waals surface area contributed by atoms with Crippen molar-refractivity contribution in [2.24, 2.45) is 5.92 Å². The third-order valence-corrected chi connectivity index (χ3v) is 5.60. The fourth-order valence-corrected chi connectivity index (χ4v) is 3.41. The maximum Gasteiger partial charge on any atom is 0.416 e. The van der Waals surface area contributed by atoms with Crippen LogP contribution in [0.3, 0.4) is 0 Å². The zero-order valence-corrected chi connectivity index (χ0v) is 19.9. The lowest BCUT2D eigenvalue weighted by molar-refractivity contribution is -0.137. The zero-order chi connectivity index (χ0) is 25.8. The van der Waals surface area contributed by atoms with Gasteiger partial charge in [-0.2, -0.15) is 18.2 Å². The summed E-state index contributed by atoms with van der Waals surface area (Å²) < 4.78 is 60.0. The molecule has 0 aliphatic heterocycles. The Morgan fingerprint density at radius 1 is 1.06 bits per heavy atom. The van der Waals surface area contributed by atoms with Crippen molar-refractivity contribution >= 4 is 5.91 Å². The molecule has 0 spiro atoms. The number of nitrogens with zero attached hydrogens (tertiary/aromatic N) is 2. The van der Waals surface area contributed by atoms with Crippen LogP contribution in [0.25, 0.3) is 11.4 Å². The summed E-state index contributed by atoms with van der Waals surface area (Å²) in [7, 11) is 4.46. The minimum Gasteiger partial charge on any atom is -0.493 e. The third-order valence-electron chi connectivity index (χ3n) is 5.60. The maximum absolute atomic E-state index is 12.8. The molecule has 0 radical (unpaired) electrons. The Hall–Kier alpha value is -3.76. The van der Waals surface area contributed by atoms with Crippen molar-refractivity contribution in [1.82, 2.24) is 15.5 Å². The first-order valence-corrected chi connectivity index (χ1v) is 10.7. The van der Waals surface area contributed by atoms with E-state index in [2.05, 4.69) is 15.5 Å². The summed E-state index contributed by atoms with van der Waals surface area (Å²) in [5, 5.41) is 6.84. The van der Waals surface area contributed by atoms with E-state index in [4.69, 9.17) is 18.7 Å². The highest BCUT2D eigenvalue weighted by molar-refractivity contribution is 5.94. The first-order chi connectivity index (χ1) is 16.6. The Morgan fingerprint density at radius 3 is 2.14 bits per heavy atom. The number of amides is 1. The normalized spacial score (nSPS) is 13.1. The van der Waals surface area contributed by atoms with Crippen LogP contribution >= 0.6 is 0 Å². The summed E-state index contributed by atoms with van der Waals surface area (Å²) in [6, 6.07) is 6.63. The average Bonchev–Trinajstić information content (AvgIpc) is 3.35. The van der Waals surface area contributed by atoms with Crippen molar-refractivity contribution in [3.05, 3.63) is 53.4 Å². The van der Waals surface area contributed by atoms with Crippen LogP contribution in [0.1, 0.15) is 48.1 Å². The largest absolute Gasteiger partial charge is 0.493 e. The number of methoxy groups -OCH3 is 3. The lowest BCUT2D eigenvalue weighted by atomic mass is 9.98. The average molecular weight is 493 g/mol. The van der Waals surface area contributed by atoms with Crippen LogP contribution < -0.4 is 19.5 Å². The second-order valence-corrected chi connectivity index (χ2v) is 7.78. The number of nitrogens with one attached hydrogen (secondary N) is 1. The second kappa shape index (κ2) is 10.7. The zero-order valence-electron chi connectivity index (χ0n) is 19.9. The first-order valence-electron chi connectivity index (χ1n) is 10.7. The summed E-state index contributed by atoms with van der Waals surface area (Å²) in [5.41, 5.74) is -0.221. The highest BCUT2D eigenvalue weighted by Gasteiger charge is 2.31. The number of aromatic nitrogens is 2. The number of halogens is 3. The van der Waals surface area contributed by atoms with Crippen LogP contribution in [0.2, 0.25) is 0 Å². The predicted molar refractivity (Wildman–Crippen MR) is 120 cm³/mol. The number of carbonyl (C=O) groups excluding carboxylic acids is 1. The van der Waals surface area contributed by atoms with Gasteiger partial charge >= 0.3 is 6.18 Å². The van der Waals surface area contributed by atoms with Gasteiger partial charge in [0.1, 0.15) is 6.04 Å². The van der Waals surface area contributed by atoms with Crippen LogP contribution in [-0.4, -0.2) is 37.4 Å². The maximum atomic E-state index is 12.8. The number of benzene rings is 2. The quantitative estimate of drug-likeness (QED) is 0.432. The van der Waals surface area contributed by atoms with Crippen molar-refractivity contribution in [2.75, 3.05) is 21.3 Å². The summed E-state index contributed by atoms with van der Waals surface area (Å²) in [5.74, 6) is 0.936. The number of ether oxygens (including phenoxy) is 3. The van der Waals surface area contributed by atoms with Gasteiger partial charge in [0.25, 0.3) is 5.91 Å². The van der Waals surface area contributed by atoms with Crippen LogP contribution in [0.5, 0.6) is 17.2 Å². The Bertz CT molecular complexity index is 1140. The Kier molecular flexibility index (Phi) is 7.88. The molecule has 0 aliphatic rings. The predicted octanol–water partition coefficient (Wildman–Crippen LogP) is 5.30. The molecule has 3 rings (SSSR count). The summed E-state index contributed by atoms with van der Waals surface area (Å²) in [6.45, 7) is 3.82. The van der Waals surface area contributed by atoms with Gasteiger partial charge in [-0.1, -0.05) is 25.4 Å². The Balaban J connectivity index is 1.89. The molecular formula is C24H26F3N3O5. The highest BCUT2D eigenvalue weighted by atomic mass is 19.4. The van der Waals surface area contributed by atoms with Crippen LogP contribution in [0, 0.1) is 5.92 Å². The van der Waals surface area contributed by atoms with Crippen LogP contribution in [-0.2, 0) is 6.18 Å². The molecule has 1 aromatic heterocycles. The molecule has 0 saturated carbocycles. The number of hydrogen-bond donors (Lipinski definition) is 1. The van der Waals surface area contributed by atoms with E-state index in [0.717, 1.165) is 24.3 Å². The molecule has 2 atom stereocenters. The Labute approximate surface area is 200 Å². The number of carbonyl (C=O) groups is 1. The minimum absolute atomic E-state index is 0.0793. The van der Waals surface area contributed by atoms with E-state index in [9.17, 15) is 18.0 Å². The molecule has 0 bridgehead atoms. The van der Waals surface area contributed by atoms with E-state index in [1.165, 1.54) is 21.3 Å². The van der Waals surface area contributed by atoms with E-state index in [0.29, 0.717) is 29.2 Å². The molecule has 35 heavy (non-hydrogen) atoms. The standard InChI is InChI=1S/C24H26F3N3O5/c1-6-13(2)19(28-22(31)14-7-9-16(10-8-14)24(25,26)27)23-29-21(30-35-23)15-11-17(32-3)20(34-5)18(12-15)33-4/h7-13,19H,6H2,1-5H3,(H,28,31)/t13-,19+/m1/s1. The molecule has 0 saturated heterocycles. The Morgan fingerprint density at radius 2 is 1.66 bits per heavy atom. The van der Waals surface area contributed by atoms with Gasteiger partial charge in [-0.15, -0.1) is 0 Å². The van der Waals surface area contributed by atoms with Gasteiger partial charge in [0.2, 0.25) is 17.5 Å². The molecule has 11 heteroatoms. The molecule has 0 unspecified atom stereocenters. The van der Waals surface area contributed by atoms with Crippen molar-refractivity contribution < 1.29 is 36.7 Å². The molecule has 3 aromatic rings. The summed E-state index contributed by atoms with van der Waals surface area (Å²) in [4.78, 5) is 17.3. The lowest BCUT2D eigenvalue weighted by Gasteiger charge is -2.21.